The van der Waals surface area contributed by atoms with Crippen LogP contribution in [0.3, 0.4) is 0 Å². The van der Waals surface area contributed by atoms with Gasteiger partial charge >= 0.3 is 0 Å². The molecule has 0 amide bonds. The number of rotatable bonds is 4. The Balaban J connectivity index is 1.72. The first-order chi connectivity index (χ1) is 7.72. The minimum absolute atomic E-state index is 0.809. The molecular weight excluding hydrogens is 192 g/mol. The van der Waals surface area contributed by atoms with Crippen LogP contribution in [0.15, 0.2) is 0 Å². The molecule has 0 spiro atoms. The van der Waals surface area contributed by atoms with Gasteiger partial charge in [0.15, 0.2) is 0 Å². The van der Waals surface area contributed by atoms with Crippen LogP contribution in [-0.2, 0) is 0 Å². The van der Waals surface area contributed by atoms with Crippen molar-refractivity contribution in [3.8, 4) is 0 Å². The smallest absolute Gasteiger partial charge is 0.0264 e. The summed E-state index contributed by atoms with van der Waals surface area (Å²) >= 11 is 0. The number of hydrogen-bond donors (Lipinski definition) is 0. The first-order valence-electron chi connectivity index (χ1n) is 7.72. The van der Waals surface area contributed by atoms with E-state index in [-0.39, 0.29) is 0 Å². The lowest BCUT2D eigenvalue weighted by atomic mass is 9.46. The zero-order chi connectivity index (χ0) is 11.2. The molecule has 4 aliphatic carbocycles. The highest BCUT2D eigenvalue weighted by atomic mass is 14.6. The average molecular weight is 220 g/mol. The lowest BCUT2D eigenvalue weighted by molar-refractivity contribution is -0.0850. The zero-order valence-corrected chi connectivity index (χ0v) is 11.2. The third-order valence-corrected chi connectivity index (χ3v) is 6.12. The Kier molecular flexibility index (Phi) is 2.80. The van der Waals surface area contributed by atoms with Gasteiger partial charge in [0.05, 0.1) is 0 Å². The van der Waals surface area contributed by atoms with Gasteiger partial charge in [-0.3, -0.25) is 0 Å². The fourth-order valence-corrected chi connectivity index (χ4v) is 5.60. The largest absolute Gasteiger partial charge is 0.0654 e. The van der Waals surface area contributed by atoms with E-state index in [0.717, 1.165) is 29.1 Å². The highest BCUT2D eigenvalue weighted by molar-refractivity contribution is 5.03. The van der Waals surface area contributed by atoms with Gasteiger partial charge in [0.1, 0.15) is 0 Å². The van der Waals surface area contributed by atoms with Crippen molar-refractivity contribution in [1.29, 1.82) is 0 Å². The maximum atomic E-state index is 2.57. The molecule has 0 saturated heterocycles. The van der Waals surface area contributed by atoms with Gasteiger partial charge in [-0.15, -0.1) is 0 Å². The SMILES string of the molecule is CCCCC(C)C12CC3CC(CC(C3)C1)C2. The van der Waals surface area contributed by atoms with Crippen molar-refractivity contribution in [2.75, 3.05) is 0 Å². The molecule has 0 aliphatic heterocycles. The summed E-state index contributed by atoms with van der Waals surface area (Å²) in [5.74, 6) is 4.42. The molecule has 0 aromatic rings. The Bertz CT molecular complexity index is 217. The molecule has 0 aromatic heterocycles. The summed E-state index contributed by atoms with van der Waals surface area (Å²) in [5, 5.41) is 0. The van der Waals surface area contributed by atoms with E-state index in [1.54, 1.807) is 38.5 Å². The molecule has 0 nitrogen and oxygen atoms in total. The third-order valence-electron chi connectivity index (χ3n) is 6.12. The monoisotopic (exact) mass is 220 g/mol. The summed E-state index contributed by atoms with van der Waals surface area (Å²) in [6, 6.07) is 0. The minimum atomic E-state index is 0.809. The van der Waals surface area contributed by atoms with E-state index in [1.807, 2.05) is 0 Å². The lowest BCUT2D eigenvalue weighted by Gasteiger charge is -2.59. The molecule has 0 heterocycles. The topological polar surface area (TPSA) is 0 Å². The highest BCUT2D eigenvalue weighted by Crippen LogP contribution is 2.63. The molecule has 0 heteroatoms. The van der Waals surface area contributed by atoms with Crippen LogP contribution in [-0.4, -0.2) is 0 Å². The van der Waals surface area contributed by atoms with Crippen molar-refractivity contribution >= 4 is 0 Å². The van der Waals surface area contributed by atoms with Crippen LogP contribution in [0, 0.1) is 29.1 Å². The van der Waals surface area contributed by atoms with E-state index < -0.39 is 0 Å². The maximum absolute atomic E-state index is 2.57. The molecule has 4 bridgehead atoms. The van der Waals surface area contributed by atoms with Crippen molar-refractivity contribution in [3.05, 3.63) is 0 Å². The third kappa shape index (κ3) is 1.73. The second-order valence-electron chi connectivity index (χ2n) is 7.32. The van der Waals surface area contributed by atoms with E-state index in [4.69, 9.17) is 0 Å². The van der Waals surface area contributed by atoms with Gasteiger partial charge in [0.2, 0.25) is 0 Å². The molecule has 0 radical (unpaired) electrons. The normalized spacial score (nSPS) is 47.2. The van der Waals surface area contributed by atoms with Crippen molar-refractivity contribution in [2.24, 2.45) is 29.1 Å². The standard InChI is InChI=1S/C16H28/c1-3-4-5-12(2)16-9-13-6-14(10-16)8-15(7-13)11-16/h12-15H,3-11H2,1-2H3. The second kappa shape index (κ2) is 4.03. The van der Waals surface area contributed by atoms with Gasteiger partial charge in [0.25, 0.3) is 0 Å². The molecular formula is C16H28. The molecule has 4 fully saturated rings. The van der Waals surface area contributed by atoms with E-state index >= 15 is 0 Å². The Morgan fingerprint density at radius 2 is 1.50 bits per heavy atom. The summed E-state index contributed by atoms with van der Waals surface area (Å²) in [7, 11) is 0. The first-order valence-corrected chi connectivity index (χ1v) is 7.72. The highest BCUT2D eigenvalue weighted by Gasteiger charge is 2.52. The Hall–Kier alpha value is 0. The molecule has 16 heavy (non-hydrogen) atoms. The Morgan fingerprint density at radius 1 is 1.00 bits per heavy atom. The predicted molar refractivity (Wildman–Crippen MR) is 69.3 cm³/mol. The van der Waals surface area contributed by atoms with Gasteiger partial charge in [-0.25, -0.2) is 0 Å². The summed E-state index contributed by atoms with van der Waals surface area (Å²) in [6.45, 7) is 4.91. The molecule has 4 rings (SSSR count). The molecule has 0 N–H and O–H groups in total. The molecule has 92 valence electrons. The number of hydrogen-bond acceptors (Lipinski definition) is 0. The average Bonchev–Trinajstić information content (AvgIpc) is 2.24. The van der Waals surface area contributed by atoms with Crippen molar-refractivity contribution in [2.45, 2.75) is 71.6 Å². The van der Waals surface area contributed by atoms with Crippen molar-refractivity contribution < 1.29 is 0 Å². The molecule has 1 atom stereocenters. The molecule has 4 aliphatic rings. The van der Waals surface area contributed by atoms with Gasteiger partial charge in [-0.2, -0.15) is 0 Å². The van der Waals surface area contributed by atoms with Crippen molar-refractivity contribution in [1.82, 2.24) is 0 Å². The predicted octanol–water partition coefficient (Wildman–Crippen LogP) is 5.03. The van der Waals surface area contributed by atoms with Gasteiger partial charge in [-0.1, -0.05) is 33.1 Å². The van der Waals surface area contributed by atoms with Gasteiger partial charge in [-0.05, 0) is 67.6 Å². The van der Waals surface area contributed by atoms with E-state index in [0.29, 0.717) is 0 Å². The molecule has 0 aromatic carbocycles. The van der Waals surface area contributed by atoms with Crippen LogP contribution in [0.1, 0.15) is 71.6 Å². The van der Waals surface area contributed by atoms with Gasteiger partial charge < -0.3 is 0 Å². The minimum Gasteiger partial charge on any atom is -0.0654 e. The first kappa shape index (κ1) is 11.1. The van der Waals surface area contributed by atoms with Crippen LogP contribution in [0.25, 0.3) is 0 Å². The van der Waals surface area contributed by atoms with Crippen LogP contribution in [0.2, 0.25) is 0 Å². The van der Waals surface area contributed by atoms with Crippen molar-refractivity contribution in [3.63, 3.8) is 0 Å². The van der Waals surface area contributed by atoms with Crippen LogP contribution >= 0.6 is 0 Å². The number of unbranched alkanes of at least 4 members (excludes halogenated alkanes) is 1. The van der Waals surface area contributed by atoms with Gasteiger partial charge in [0, 0.05) is 0 Å². The fraction of sp³-hybridized carbons (Fsp3) is 1.00. The van der Waals surface area contributed by atoms with Crippen LogP contribution in [0.5, 0.6) is 0 Å². The summed E-state index contributed by atoms with van der Waals surface area (Å²) < 4.78 is 0. The zero-order valence-electron chi connectivity index (χ0n) is 11.2. The van der Waals surface area contributed by atoms with E-state index in [1.165, 1.54) is 19.3 Å². The Morgan fingerprint density at radius 3 is 1.94 bits per heavy atom. The fourth-order valence-electron chi connectivity index (χ4n) is 5.60. The van der Waals surface area contributed by atoms with E-state index in [9.17, 15) is 0 Å². The van der Waals surface area contributed by atoms with Crippen LogP contribution < -0.4 is 0 Å². The second-order valence-corrected chi connectivity index (χ2v) is 7.32. The molecule has 4 saturated carbocycles. The summed E-state index contributed by atoms with van der Waals surface area (Å²) in [4.78, 5) is 0. The maximum Gasteiger partial charge on any atom is -0.0264 e. The van der Waals surface area contributed by atoms with Crippen LogP contribution in [0.4, 0.5) is 0 Å². The van der Waals surface area contributed by atoms with E-state index in [2.05, 4.69) is 13.8 Å². The Labute approximate surface area is 101 Å². The lowest BCUT2D eigenvalue weighted by Crippen LogP contribution is -2.49. The summed E-state index contributed by atoms with van der Waals surface area (Å²) in [5.41, 5.74) is 0.809. The molecule has 1 unspecified atom stereocenters. The summed E-state index contributed by atoms with van der Waals surface area (Å²) in [6.07, 6.45) is 13.9. The quantitative estimate of drug-likeness (QED) is 0.623.